The summed E-state index contributed by atoms with van der Waals surface area (Å²) in [6, 6.07) is 21.5. The van der Waals surface area contributed by atoms with Crippen LogP contribution in [0, 0.1) is 10.1 Å². The second kappa shape index (κ2) is 9.30. The van der Waals surface area contributed by atoms with Crippen molar-refractivity contribution < 1.29 is 14.4 Å². The van der Waals surface area contributed by atoms with E-state index in [1.807, 2.05) is 30.3 Å². The minimum absolute atomic E-state index is 0.0620. The van der Waals surface area contributed by atoms with Crippen molar-refractivity contribution in [1.29, 1.82) is 0 Å². The van der Waals surface area contributed by atoms with Crippen LogP contribution in [0.25, 0.3) is 0 Å². The van der Waals surface area contributed by atoms with E-state index >= 15 is 0 Å². The third-order valence-corrected chi connectivity index (χ3v) is 5.91. The van der Waals surface area contributed by atoms with Crippen molar-refractivity contribution in [3.05, 3.63) is 88.0 Å². The maximum atomic E-state index is 11.4. The monoisotopic (exact) mass is 444 g/mol. The minimum Gasteiger partial charge on any atom is -0.454 e. The number of piperazine rings is 1. The lowest BCUT2D eigenvalue weighted by Gasteiger charge is -2.36. The van der Waals surface area contributed by atoms with Crippen molar-refractivity contribution in [2.75, 3.05) is 37.9 Å². The van der Waals surface area contributed by atoms with Gasteiger partial charge in [0.25, 0.3) is 5.69 Å². The average molecular weight is 444 g/mol. The summed E-state index contributed by atoms with van der Waals surface area (Å²) in [7, 11) is 0. The number of nitro groups is 1. The molecular formula is C25H24N4O4. The van der Waals surface area contributed by atoms with E-state index in [1.54, 1.807) is 6.07 Å². The van der Waals surface area contributed by atoms with Gasteiger partial charge in [0.05, 0.1) is 22.2 Å². The molecule has 168 valence electrons. The number of anilines is 1. The fourth-order valence-corrected chi connectivity index (χ4v) is 4.11. The highest BCUT2D eigenvalue weighted by Crippen LogP contribution is 2.37. The smallest absolute Gasteiger partial charge is 0.282 e. The standard InChI is InChI=1S/C25H24N4O4/c30-29(31)23-15-25-24(32-18-33-25)14-20(23)16-26-21-6-8-22(9-7-21)28-12-10-27(11-13-28)17-19-4-2-1-3-5-19/h1-9,14-16H,10-13,17-18H2. The molecule has 3 aromatic rings. The maximum absolute atomic E-state index is 11.4. The quantitative estimate of drug-likeness (QED) is 0.319. The number of nitro benzene ring substituents is 1. The third kappa shape index (κ3) is 4.80. The molecule has 0 saturated carbocycles. The van der Waals surface area contributed by atoms with Gasteiger partial charge in [0.2, 0.25) is 6.79 Å². The summed E-state index contributed by atoms with van der Waals surface area (Å²) >= 11 is 0. The zero-order valence-corrected chi connectivity index (χ0v) is 18.1. The third-order valence-electron chi connectivity index (χ3n) is 5.91. The van der Waals surface area contributed by atoms with Crippen molar-refractivity contribution in [2.24, 2.45) is 4.99 Å². The first-order chi connectivity index (χ1) is 16.2. The highest BCUT2D eigenvalue weighted by atomic mass is 16.7. The van der Waals surface area contributed by atoms with Gasteiger partial charge in [-0.05, 0) is 35.9 Å². The Balaban J connectivity index is 1.22. The summed E-state index contributed by atoms with van der Waals surface area (Å²) in [4.78, 5) is 20.3. The van der Waals surface area contributed by atoms with Crippen LogP contribution in [-0.2, 0) is 6.54 Å². The zero-order chi connectivity index (χ0) is 22.6. The van der Waals surface area contributed by atoms with Crippen LogP contribution >= 0.6 is 0 Å². The molecule has 5 rings (SSSR count). The molecule has 0 aromatic heterocycles. The Labute approximate surface area is 191 Å². The van der Waals surface area contributed by atoms with Gasteiger partial charge in [-0.25, -0.2) is 0 Å². The molecule has 0 radical (unpaired) electrons. The first-order valence-electron chi connectivity index (χ1n) is 10.9. The zero-order valence-electron chi connectivity index (χ0n) is 18.1. The average Bonchev–Trinajstić information content (AvgIpc) is 3.31. The molecule has 8 heteroatoms. The molecule has 0 atom stereocenters. The molecule has 0 N–H and O–H groups in total. The first kappa shape index (κ1) is 21.0. The molecular weight excluding hydrogens is 420 g/mol. The van der Waals surface area contributed by atoms with Gasteiger partial charge in [0, 0.05) is 44.6 Å². The Bertz CT molecular complexity index is 1160. The second-order valence-corrected chi connectivity index (χ2v) is 8.04. The molecule has 2 aliphatic heterocycles. The Morgan fingerprint density at radius 3 is 2.33 bits per heavy atom. The number of rotatable bonds is 6. The first-order valence-corrected chi connectivity index (χ1v) is 10.9. The van der Waals surface area contributed by atoms with E-state index in [0.29, 0.717) is 17.1 Å². The van der Waals surface area contributed by atoms with E-state index in [0.717, 1.165) is 44.1 Å². The lowest BCUT2D eigenvalue weighted by molar-refractivity contribution is -0.385. The normalized spacial score (nSPS) is 15.8. The van der Waals surface area contributed by atoms with Crippen molar-refractivity contribution in [2.45, 2.75) is 6.54 Å². The maximum Gasteiger partial charge on any atom is 0.282 e. The van der Waals surface area contributed by atoms with E-state index in [-0.39, 0.29) is 12.5 Å². The molecule has 0 aliphatic carbocycles. The molecule has 0 spiro atoms. The van der Waals surface area contributed by atoms with E-state index < -0.39 is 4.92 Å². The number of hydrogen-bond donors (Lipinski definition) is 0. The van der Waals surface area contributed by atoms with Crippen molar-refractivity contribution in [3.8, 4) is 11.5 Å². The van der Waals surface area contributed by atoms with Gasteiger partial charge in [0.15, 0.2) is 11.5 Å². The molecule has 2 heterocycles. The van der Waals surface area contributed by atoms with Gasteiger partial charge < -0.3 is 14.4 Å². The number of aliphatic imine (C=N–C) groups is 1. The van der Waals surface area contributed by atoms with E-state index in [2.05, 4.69) is 39.1 Å². The van der Waals surface area contributed by atoms with Crippen LogP contribution in [0.5, 0.6) is 11.5 Å². The summed E-state index contributed by atoms with van der Waals surface area (Å²) in [5.41, 5.74) is 3.54. The van der Waals surface area contributed by atoms with E-state index in [4.69, 9.17) is 9.47 Å². The molecule has 0 bridgehead atoms. The van der Waals surface area contributed by atoms with Gasteiger partial charge in [0.1, 0.15) is 0 Å². The predicted molar refractivity (Wildman–Crippen MR) is 127 cm³/mol. The van der Waals surface area contributed by atoms with Crippen LogP contribution < -0.4 is 14.4 Å². The summed E-state index contributed by atoms with van der Waals surface area (Å²) in [6.45, 7) is 5.02. The minimum atomic E-state index is -0.441. The molecule has 3 aromatic carbocycles. The van der Waals surface area contributed by atoms with Crippen LogP contribution in [0.2, 0.25) is 0 Å². The van der Waals surface area contributed by atoms with Crippen molar-refractivity contribution in [3.63, 3.8) is 0 Å². The number of hydrogen-bond acceptors (Lipinski definition) is 7. The second-order valence-electron chi connectivity index (χ2n) is 8.04. The summed E-state index contributed by atoms with van der Waals surface area (Å²) < 4.78 is 10.6. The van der Waals surface area contributed by atoms with Gasteiger partial charge in [-0.3, -0.25) is 20.0 Å². The molecule has 1 fully saturated rings. The molecule has 0 amide bonds. The highest BCUT2D eigenvalue weighted by molar-refractivity contribution is 5.88. The summed E-state index contributed by atoms with van der Waals surface area (Å²) in [5, 5.41) is 11.4. The van der Waals surface area contributed by atoms with Crippen LogP contribution in [0.3, 0.4) is 0 Å². The van der Waals surface area contributed by atoms with Crippen molar-refractivity contribution in [1.82, 2.24) is 4.90 Å². The number of benzene rings is 3. The molecule has 0 unspecified atom stereocenters. The fourth-order valence-electron chi connectivity index (χ4n) is 4.11. The van der Waals surface area contributed by atoms with Crippen LogP contribution in [0.15, 0.2) is 71.7 Å². The molecule has 33 heavy (non-hydrogen) atoms. The van der Waals surface area contributed by atoms with Crippen LogP contribution in [-0.4, -0.2) is 49.0 Å². The van der Waals surface area contributed by atoms with Gasteiger partial charge in [-0.1, -0.05) is 30.3 Å². The fraction of sp³-hybridized carbons (Fsp3) is 0.240. The Kier molecular flexibility index (Phi) is 5.91. The largest absolute Gasteiger partial charge is 0.454 e. The number of nitrogens with zero attached hydrogens (tertiary/aromatic N) is 4. The molecule has 1 saturated heterocycles. The SMILES string of the molecule is O=[N+]([O-])c1cc2c(cc1C=Nc1ccc(N3CCN(Cc4ccccc4)CC3)cc1)OCO2. The lowest BCUT2D eigenvalue weighted by Crippen LogP contribution is -2.45. The van der Waals surface area contributed by atoms with Crippen LogP contribution in [0.4, 0.5) is 17.1 Å². The van der Waals surface area contributed by atoms with Crippen molar-refractivity contribution >= 4 is 23.3 Å². The summed E-state index contributed by atoms with van der Waals surface area (Å²) in [6.07, 6.45) is 1.50. The van der Waals surface area contributed by atoms with Gasteiger partial charge >= 0.3 is 0 Å². The lowest BCUT2D eigenvalue weighted by atomic mass is 10.1. The van der Waals surface area contributed by atoms with Crippen LogP contribution in [0.1, 0.15) is 11.1 Å². The summed E-state index contributed by atoms with van der Waals surface area (Å²) in [5.74, 6) is 0.871. The number of ether oxygens (including phenoxy) is 2. The Hall–Kier alpha value is -3.91. The Morgan fingerprint density at radius 2 is 1.64 bits per heavy atom. The topological polar surface area (TPSA) is 80.4 Å². The molecule has 2 aliphatic rings. The molecule has 8 nitrogen and oxygen atoms in total. The van der Waals surface area contributed by atoms with Gasteiger partial charge in [-0.2, -0.15) is 0 Å². The number of fused-ring (bicyclic) bond motifs is 1. The Morgan fingerprint density at radius 1 is 0.939 bits per heavy atom. The van der Waals surface area contributed by atoms with E-state index in [1.165, 1.54) is 17.8 Å². The van der Waals surface area contributed by atoms with Gasteiger partial charge in [-0.15, -0.1) is 0 Å². The van der Waals surface area contributed by atoms with E-state index in [9.17, 15) is 10.1 Å². The highest BCUT2D eigenvalue weighted by Gasteiger charge is 2.22. The predicted octanol–water partition coefficient (Wildman–Crippen LogP) is 4.40.